The van der Waals surface area contributed by atoms with Gasteiger partial charge in [-0.3, -0.25) is 9.69 Å². The summed E-state index contributed by atoms with van der Waals surface area (Å²) in [6.07, 6.45) is -4.42. The molecule has 0 atom stereocenters. The maximum atomic E-state index is 12.3. The van der Waals surface area contributed by atoms with Crippen LogP contribution in [0.4, 0.5) is 13.2 Å². The largest absolute Gasteiger partial charge is 0.496 e. The first-order valence-corrected chi connectivity index (χ1v) is 8.45. The number of methoxy groups -OCH3 is 1. The molecule has 4 nitrogen and oxygen atoms in total. The number of carbonyl (C=O) groups excluding carboxylic acids is 1. The van der Waals surface area contributed by atoms with Crippen LogP contribution in [-0.4, -0.2) is 37.2 Å². The average Bonchev–Trinajstić information content (AvgIpc) is 3.06. The van der Waals surface area contributed by atoms with Crippen molar-refractivity contribution in [2.75, 3.05) is 20.2 Å². The summed E-state index contributed by atoms with van der Waals surface area (Å²) < 4.78 is 42.1. The van der Waals surface area contributed by atoms with Crippen LogP contribution in [0.2, 0.25) is 0 Å². The zero-order valence-electron chi connectivity index (χ0n) is 13.7. The van der Waals surface area contributed by atoms with Crippen LogP contribution in [0.1, 0.15) is 10.4 Å². The third-order valence-electron chi connectivity index (χ3n) is 3.40. The van der Waals surface area contributed by atoms with Crippen LogP contribution in [0.25, 0.3) is 0 Å². The fourth-order valence-corrected chi connectivity index (χ4v) is 3.07. The molecule has 25 heavy (non-hydrogen) atoms. The highest BCUT2D eigenvalue weighted by atomic mass is 32.1. The van der Waals surface area contributed by atoms with Crippen molar-refractivity contribution in [3.63, 3.8) is 0 Å². The van der Waals surface area contributed by atoms with Gasteiger partial charge in [-0.2, -0.15) is 13.2 Å². The van der Waals surface area contributed by atoms with Gasteiger partial charge < -0.3 is 10.1 Å². The van der Waals surface area contributed by atoms with Crippen LogP contribution in [-0.2, 0) is 17.9 Å². The Balaban J connectivity index is 2.06. The van der Waals surface area contributed by atoms with E-state index in [0.717, 1.165) is 10.4 Å². The number of halogens is 3. The van der Waals surface area contributed by atoms with Gasteiger partial charge in [0, 0.05) is 23.5 Å². The Kier molecular flexibility index (Phi) is 6.83. The van der Waals surface area contributed by atoms with Crippen molar-refractivity contribution in [1.29, 1.82) is 0 Å². The van der Waals surface area contributed by atoms with Gasteiger partial charge in [-0.1, -0.05) is 24.3 Å². The molecule has 8 heteroatoms. The number of para-hydroxylation sites is 1. The quantitative estimate of drug-likeness (QED) is 0.772. The summed E-state index contributed by atoms with van der Waals surface area (Å²) in [4.78, 5) is 14.7. The standard InChI is InChI=1S/C17H19F3N2O2S/c1-24-15-7-3-2-5-13(15)9-22(10-14-6-4-8-25-14)11-16(23)21-12-17(18,19)20/h2-8H,9-12H2,1H3,(H,21,23). The second kappa shape index (κ2) is 8.87. The highest BCUT2D eigenvalue weighted by Gasteiger charge is 2.28. The lowest BCUT2D eigenvalue weighted by molar-refractivity contribution is -0.139. The predicted octanol–water partition coefficient (Wildman–Crippen LogP) is 3.44. The maximum absolute atomic E-state index is 12.3. The smallest absolute Gasteiger partial charge is 0.405 e. The highest BCUT2D eigenvalue weighted by molar-refractivity contribution is 7.09. The van der Waals surface area contributed by atoms with Crippen molar-refractivity contribution in [3.8, 4) is 5.75 Å². The Hall–Kier alpha value is -2.06. The molecule has 1 N–H and O–H groups in total. The summed E-state index contributed by atoms with van der Waals surface area (Å²) in [6, 6.07) is 11.2. The zero-order chi connectivity index (χ0) is 18.3. The number of hydrogen-bond donors (Lipinski definition) is 1. The summed E-state index contributed by atoms with van der Waals surface area (Å²) in [6.45, 7) is -0.601. The molecule has 1 amide bonds. The molecule has 0 bridgehead atoms. The third-order valence-corrected chi connectivity index (χ3v) is 4.26. The normalized spacial score (nSPS) is 11.6. The minimum Gasteiger partial charge on any atom is -0.496 e. The molecular weight excluding hydrogens is 353 g/mol. The maximum Gasteiger partial charge on any atom is 0.405 e. The number of rotatable bonds is 8. The lowest BCUT2D eigenvalue weighted by Crippen LogP contribution is -2.40. The molecule has 0 aliphatic carbocycles. The fourth-order valence-electron chi connectivity index (χ4n) is 2.32. The number of thiophene rings is 1. The molecule has 1 aromatic heterocycles. The first-order valence-electron chi connectivity index (χ1n) is 7.57. The van der Waals surface area contributed by atoms with E-state index in [-0.39, 0.29) is 6.54 Å². The summed E-state index contributed by atoms with van der Waals surface area (Å²) in [5.41, 5.74) is 0.866. The van der Waals surface area contributed by atoms with E-state index in [9.17, 15) is 18.0 Å². The summed E-state index contributed by atoms with van der Waals surface area (Å²) in [5, 5.41) is 3.83. The number of carbonyl (C=O) groups is 1. The van der Waals surface area contributed by atoms with Gasteiger partial charge in [-0.25, -0.2) is 0 Å². The van der Waals surface area contributed by atoms with Gasteiger partial charge in [-0.05, 0) is 17.5 Å². The Morgan fingerprint density at radius 2 is 1.96 bits per heavy atom. The molecule has 0 aliphatic heterocycles. The molecule has 0 saturated heterocycles. The second-order valence-corrected chi connectivity index (χ2v) is 6.46. The Morgan fingerprint density at radius 3 is 2.60 bits per heavy atom. The number of ether oxygens (including phenoxy) is 1. The van der Waals surface area contributed by atoms with Crippen LogP contribution in [0.3, 0.4) is 0 Å². The molecule has 0 unspecified atom stereocenters. The van der Waals surface area contributed by atoms with E-state index in [4.69, 9.17) is 4.74 Å². The summed E-state index contributed by atoms with van der Waals surface area (Å²) in [7, 11) is 1.55. The van der Waals surface area contributed by atoms with E-state index < -0.39 is 18.6 Å². The SMILES string of the molecule is COc1ccccc1CN(CC(=O)NCC(F)(F)F)Cc1cccs1. The number of benzene rings is 1. The lowest BCUT2D eigenvalue weighted by Gasteiger charge is -2.22. The monoisotopic (exact) mass is 372 g/mol. The summed E-state index contributed by atoms with van der Waals surface area (Å²) in [5.74, 6) is 0.0122. The molecule has 0 saturated carbocycles. The molecule has 0 radical (unpaired) electrons. The van der Waals surface area contributed by atoms with Crippen LogP contribution in [0.15, 0.2) is 41.8 Å². The first-order chi connectivity index (χ1) is 11.9. The number of nitrogens with zero attached hydrogens (tertiary/aromatic N) is 1. The van der Waals surface area contributed by atoms with Gasteiger partial charge >= 0.3 is 6.18 Å². The van der Waals surface area contributed by atoms with Gasteiger partial charge in [0.05, 0.1) is 13.7 Å². The zero-order valence-corrected chi connectivity index (χ0v) is 14.5. The van der Waals surface area contributed by atoms with Crippen LogP contribution >= 0.6 is 11.3 Å². The second-order valence-electron chi connectivity index (χ2n) is 5.43. The molecule has 0 spiro atoms. The van der Waals surface area contributed by atoms with E-state index in [2.05, 4.69) is 0 Å². The molecule has 1 heterocycles. The van der Waals surface area contributed by atoms with Gasteiger partial charge in [-0.15, -0.1) is 11.3 Å². The van der Waals surface area contributed by atoms with Gasteiger partial charge in [0.2, 0.25) is 5.91 Å². The molecule has 0 aliphatic rings. The molecule has 1 aromatic carbocycles. The average molecular weight is 372 g/mol. The van der Waals surface area contributed by atoms with E-state index in [1.807, 2.05) is 47.1 Å². The molecule has 2 rings (SSSR count). The van der Waals surface area contributed by atoms with Crippen LogP contribution in [0, 0.1) is 0 Å². The van der Waals surface area contributed by atoms with E-state index in [1.54, 1.807) is 12.0 Å². The van der Waals surface area contributed by atoms with Crippen molar-refractivity contribution >= 4 is 17.2 Å². The highest BCUT2D eigenvalue weighted by Crippen LogP contribution is 2.21. The van der Waals surface area contributed by atoms with Gasteiger partial charge in [0.25, 0.3) is 0 Å². The van der Waals surface area contributed by atoms with Gasteiger partial charge in [0.15, 0.2) is 0 Å². The number of alkyl halides is 3. The van der Waals surface area contributed by atoms with Crippen molar-refractivity contribution in [2.45, 2.75) is 19.3 Å². The fraction of sp³-hybridized carbons (Fsp3) is 0.353. The Labute approximate surface area is 148 Å². The van der Waals surface area contributed by atoms with Crippen molar-refractivity contribution in [1.82, 2.24) is 10.2 Å². The molecular formula is C17H19F3N2O2S. The van der Waals surface area contributed by atoms with Gasteiger partial charge in [0.1, 0.15) is 12.3 Å². The number of nitrogens with one attached hydrogen (secondary N) is 1. The van der Waals surface area contributed by atoms with Crippen LogP contribution < -0.4 is 10.1 Å². The lowest BCUT2D eigenvalue weighted by atomic mass is 10.2. The summed E-state index contributed by atoms with van der Waals surface area (Å²) >= 11 is 1.53. The van der Waals surface area contributed by atoms with Crippen molar-refractivity contribution < 1.29 is 22.7 Å². The first kappa shape index (κ1) is 19.3. The molecule has 0 fully saturated rings. The third kappa shape index (κ3) is 6.75. The molecule has 136 valence electrons. The predicted molar refractivity (Wildman–Crippen MR) is 90.5 cm³/mol. The van der Waals surface area contributed by atoms with Crippen LogP contribution in [0.5, 0.6) is 5.75 Å². The topological polar surface area (TPSA) is 41.6 Å². The van der Waals surface area contributed by atoms with E-state index >= 15 is 0 Å². The Bertz CT molecular complexity index is 675. The number of hydrogen-bond acceptors (Lipinski definition) is 4. The van der Waals surface area contributed by atoms with Crippen molar-refractivity contribution in [3.05, 3.63) is 52.2 Å². The number of amides is 1. The van der Waals surface area contributed by atoms with Crippen molar-refractivity contribution in [2.24, 2.45) is 0 Å². The minimum atomic E-state index is -4.42. The minimum absolute atomic E-state index is 0.133. The van der Waals surface area contributed by atoms with E-state index in [0.29, 0.717) is 18.8 Å². The Morgan fingerprint density at radius 1 is 1.20 bits per heavy atom. The van der Waals surface area contributed by atoms with E-state index in [1.165, 1.54) is 11.3 Å². The molecule has 2 aromatic rings.